The fourth-order valence-corrected chi connectivity index (χ4v) is 6.38. The molecule has 200 valence electrons. The van der Waals surface area contributed by atoms with E-state index in [1.807, 2.05) is 19.2 Å². The van der Waals surface area contributed by atoms with Crippen LogP contribution in [-0.2, 0) is 7.05 Å². The molecule has 0 saturated heterocycles. The Morgan fingerprint density at radius 1 is 1.03 bits per heavy atom. The Labute approximate surface area is 227 Å². The van der Waals surface area contributed by atoms with Crippen molar-refractivity contribution in [3.63, 3.8) is 0 Å². The molecule has 0 atom stereocenters. The largest absolute Gasteiger partial charge is 0.454 e. The van der Waals surface area contributed by atoms with Crippen LogP contribution in [-0.4, -0.2) is 42.0 Å². The second-order valence-electron chi connectivity index (χ2n) is 10.9. The lowest BCUT2D eigenvalue weighted by atomic mass is 9.83. The second-order valence-corrected chi connectivity index (χ2v) is 10.9. The maximum absolute atomic E-state index is 13.1. The summed E-state index contributed by atoms with van der Waals surface area (Å²) < 4.78 is 13.0. The number of hydrogen-bond acceptors (Lipinski definition) is 8. The van der Waals surface area contributed by atoms with E-state index >= 15 is 0 Å². The summed E-state index contributed by atoms with van der Waals surface area (Å²) in [6.45, 7) is 1.28. The van der Waals surface area contributed by atoms with Gasteiger partial charge in [-0.25, -0.2) is 4.98 Å². The normalized spacial score (nSPS) is 20.2. The van der Waals surface area contributed by atoms with Crippen LogP contribution in [0.15, 0.2) is 35.1 Å². The molecule has 39 heavy (non-hydrogen) atoms. The molecule has 6 rings (SSSR count). The molecule has 1 aromatic carbocycles. The smallest absolute Gasteiger partial charge is 0.270 e. The van der Waals surface area contributed by atoms with Crippen LogP contribution in [0, 0.1) is 28.6 Å². The molecule has 0 amide bonds. The van der Waals surface area contributed by atoms with Gasteiger partial charge in [0.05, 0.1) is 16.9 Å². The van der Waals surface area contributed by atoms with Crippen LogP contribution in [0.4, 0.5) is 11.4 Å². The van der Waals surface area contributed by atoms with Gasteiger partial charge < -0.3 is 23.8 Å². The van der Waals surface area contributed by atoms with E-state index in [9.17, 15) is 15.3 Å². The van der Waals surface area contributed by atoms with Gasteiger partial charge in [0.1, 0.15) is 28.9 Å². The summed E-state index contributed by atoms with van der Waals surface area (Å²) in [6.07, 6.45) is 7.62. The van der Waals surface area contributed by atoms with Gasteiger partial charge in [-0.05, 0) is 68.7 Å². The summed E-state index contributed by atoms with van der Waals surface area (Å²) in [5, 5.41) is 19.4. The zero-order valence-corrected chi connectivity index (χ0v) is 22.4. The van der Waals surface area contributed by atoms with Crippen molar-refractivity contribution in [3.8, 4) is 23.6 Å². The van der Waals surface area contributed by atoms with Gasteiger partial charge in [0.25, 0.3) is 5.56 Å². The highest BCUT2D eigenvalue weighted by atomic mass is 16.7. The number of aromatic nitrogens is 2. The van der Waals surface area contributed by atoms with Gasteiger partial charge in [-0.3, -0.25) is 4.79 Å². The Balaban J connectivity index is 1.29. The molecule has 3 aliphatic rings. The molecule has 3 aromatic rings. The lowest BCUT2D eigenvalue weighted by Gasteiger charge is -2.44. The molecule has 9 nitrogen and oxygen atoms in total. The van der Waals surface area contributed by atoms with Crippen LogP contribution >= 0.6 is 0 Å². The summed E-state index contributed by atoms with van der Waals surface area (Å²) >= 11 is 0. The molecule has 0 spiro atoms. The van der Waals surface area contributed by atoms with Crippen LogP contribution in [0.3, 0.4) is 0 Å². The quantitative estimate of drug-likeness (QED) is 0.465. The molecule has 2 saturated carbocycles. The standard InChI is InChI=1S/C30H32N6O3/c1-34(28-23(16-32)30(37)35(2)24-14-9-20(15-31)33-27(24)28)21-10-12-22(13-11-21)36(17-19-5-3-6-19)25-7-4-8-26-29(25)39-18-38-26/h4,7-9,14,19,21-22H,3,5-6,10-13,17-18H2,1-2H3/t21-,22+. The third-order valence-electron chi connectivity index (χ3n) is 8.81. The molecule has 0 radical (unpaired) electrons. The van der Waals surface area contributed by atoms with E-state index in [2.05, 4.69) is 33.0 Å². The zero-order chi connectivity index (χ0) is 27.1. The summed E-state index contributed by atoms with van der Waals surface area (Å²) in [7, 11) is 3.59. The first kappa shape index (κ1) is 25.1. The molecule has 0 N–H and O–H groups in total. The van der Waals surface area contributed by atoms with Gasteiger partial charge in [0, 0.05) is 32.7 Å². The average Bonchev–Trinajstić information content (AvgIpc) is 3.43. The summed E-state index contributed by atoms with van der Waals surface area (Å²) in [5.41, 5.74) is 2.75. The van der Waals surface area contributed by atoms with E-state index in [4.69, 9.17) is 9.47 Å². The van der Waals surface area contributed by atoms with Gasteiger partial charge in [0.2, 0.25) is 6.79 Å². The van der Waals surface area contributed by atoms with Crippen LogP contribution in [0.1, 0.15) is 56.2 Å². The minimum Gasteiger partial charge on any atom is -0.454 e. The SMILES string of the molecule is Cn1c(=O)c(C#N)c(N(C)[C@H]2CC[C@@H](N(CC3CCC3)c3cccc4c3OCO4)CC2)c2nc(C#N)ccc21. The topological polar surface area (TPSA) is 107 Å². The Morgan fingerprint density at radius 3 is 2.49 bits per heavy atom. The number of aryl methyl sites for hydroxylation is 1. The summed E-state index contributed by atoms with van der Waals surface area (Å²) in [5.74, 6) is 2.36. The number of nitriles is 2. The van der Waals surface area contributed by atoms with Gasteiger partial charge in [-0.2, -0.15) is 10.5 Å². The van der Waals surface area contributed by atoms with Crippen molar-refractivity contribution in [3.05, 3.63) is 51.9 Å². The Morgan fingerprint density at radius 2 is 1.79 bits per heavy atom. The summed E-state index contributed by atoms with van der Waals surface area (Å²) in [4.78, 5) is 22.2. The lowest BCUT2D eigenvalue weighted by Crippen LogP contribution is -2.46. The van der Waals surface area contributed by atoms with Crippen molar-refractivity contribution in [2.45, 2.75) is 57.0 Å². The van der Waals surface area contributed by atoms with E-state index in [-0.39, 0.29) is 29.7 Å². The third kappa shape index (κ3) is 4.32. The van der Waals surface area contributed by atoms with Crippen LogP contribution < -0.4 is 24.8 Å². The number of nitrogens with zero attached hydrogens (tertiary/aromatic N) is 6. The van der Waals surface area contributed by atoms with Gasteiger partial charge in [-0.1, -0.05) is 12.5 Å². The molecular formula is C30H32N6O3. The number of hydrogen-bond donors (Lipinski definition) is 0. The monoisotopic (exact) mass is 524 g/mol. The predicted octanol–water partition coefficient (Wildman–Crippen LogP) is 4.46. The molecule has 1 aliphatic heterocycles. The van der Waals surface area contributed by atoms with Crippen molar-refractivity contribution in [1.82, 2.24) is 9.55 Å². The minimum atomic E-state index is -0.348. The molecule has 9 heteroatoms. The lowest BCUT2D eigenvalue weighted by molar-refractivity contribution is 0.173. The first-order valence-electron chi connectivity index (χ1n) is 13.7. The molecule has 0 unspecified atom stereocenters. The molecule has 2 fully saturated rings. The van der Waals surface area contributed by atoms with Crippen LogP contribution in [0.5, 0.6) is 11.5 Å². The van der Waals surface area contributed by atoms with Crippen molar-refractivity contribution in [2.75, 3.05) is 30.2 Å². The van der Waals surface area contributed by atoms with E-state index in [0.29, 0.717) is 28.7 Å². The maximum atomic E-state index is 13.1. The maximum Gasteiger partial charge on any atom is 0.270 e. The van der Waals surface area contributed by atoms with E-state index in [1.54, 1.807) is 19.2 Å². The Bertz CT molecular complexity index is 1560. The Kier molecular flexibility index (Phi) is 6.52. The fraction of sp³-hybridized carbons (Fsp3) is 0.467. The molecular weight excluding hydrogens is 492 g/mol. The number of benzene rings is 1. The van der Waals surface area contributed by atoms with E-state index in [1.165, 1.54) is 23.8 Å². The predicted molar refractivity (Wildman–Crippen MR) is 148 cm³/mol. The first-order valence-corrected chi connectivity index (χ1v) is 13.7. The zero-order valence-electron chi connectivity index (χ0n) is 22.4. The van der Waals surface area contributed by atoms with Crippen molar-refractivity contribution >= 4 is 22.4 Å². The van der Waals surface area contributed by atoms with E-state index in [0.717, 1.165) is 49.4 Å². The van der Waals surface area contributed by atoms with Gasteiger partial charge in [0.15, 0.2) is 11.5 Å². The number of ether oxygens (including phenoxy) is 2. The first-order chi connectivity index (χ1) is 19.0. The minimum absolute atomic E-state index is 0.0702. The fourth-order valence-electron chi connectivity index (χ4n) is 6.38. The van der Waals surface area contributed by atoms with E-state index < -0.39 is 0 Å². The number of para-hydroxylation sites is 1. The highest BCUT2D eigenvalue weighted by Crippen LogP contribution is 2.44. The number of pyridine rings is 2. The highest BCUT2D eigenvalue weighted by Gasteiger charge is 2.34. The van der Waals surface area contributed by atoms with Gasteiger partial charge in [-0.15, -0.1) is 0 Å². The molecule has 0 bridgehead atoms. The number of rotatable bonds is 6. The summed E-state index contributed by atoms with van der Waals surface area (Å²) in [6, 6.07) is 14.2. The third-order valence-corrected chi connectivity index (χ3v) is 8.81. The van der Waals surface area contributed by atoms with Crippen LogP contribution in [0.2, 0.25) is 0 Å². The number of anilines is 2. The molecule has 2 aliphatic carbocycles. The number of fused-ring (bicyclic) bond motifs is 2. The van der Waals surface area contributed by atoms with Crippen LogP contribution in [0.25, 0.3) is 11.0 Å². The highest BCUT2D eigenvalue weighted by molar-refractivity contribution is 5.92. The molecule has 3 heterocycles. The molecule has 2 aromatic heterocycles. The van der Waals surface area contributed by atoms with Crippen molar-refractivity contribution in [1.29, 1.82) is 10.5 Å². The second kappa shape index (κ2) is 10.1. The van der Waals surface area contributed by atoms with Gasteiger partial charge >= 0.3 is 0 Å². The van der Waals surface area contributed by atoms with Crippen molar-refractivity contribution < 1.29 is 9.47 Å². The Hall–Kier alpha value is -4.24. The van der Waals surface area contributed by atoms with Crippen molar-refractivity contribution in [2.24, 2.45) is 13.0 Å². The average molecular weight is 525 g/mol.